The molecule has 20 heavy (non-hydrogen) atoms. The summed E-state index contributed by atoms with van der Waals surface area (Å²) in [6.45, 7) is -0.0876. The summed E-state index contributed by atoms with van der Waals surface area (Å²) < 4.78 is 5.32. The van der Waals surface area contributed by atoms with Gasteiger partial charge in [-0.15, -0.1) is 0 Å². The van der Waals surface area contributed by atoms with Crippen LogP contribution in [0.2, 0.25) is 0 Å². The van der Waals surface area contributed by atoms with Crippen LogP contribution in [0.5, 0.6) is 5.75 Å². The highest BCUT2D eigenvalue weighted by atomic mass is 16.6. The fraction of sp³-hybridized carbons (Fsp3) is 0.0769. The zero-order valence-corrected chi connectivity index (χ0v) is 10.2. The average molecular weight is 271 g/mol. The second kappa shape index (κ2) is 4.61. The smallest absolute Gasteiger partial charge is 0.287 e. The summed E-state index contributed by atoms with van der Waals surface area (Å²) in [6, 6.07) is 9.82. The van der Waals surface area contributed by atoms with Crippen molar-refractivity contribution in [3.05, 3.63) is 52.7 Å². The minimum atomic E-state index is -0.536. The highest BCUT2D eigenvalue weighted by Crippen LogP contribution is 2.36. The number of carbonyl (C=O) groups excluding carboxylic acids is 1. The molecule has 3 rings (SSSR count). The van der Waals surface area contributed by atoms with Crippen LogP contribution in [0.15, 0.2) is 42.6 Å². The average Bonchev–Trinajstić information content (AvgIpc) is 2.47. The molecule has 1 aliphatic heterocycles. The Bertz CT molecular complexity index is 684. The molecule has 0 fully saturated rings. The van der Waals surface area contributed by atoms with Gasteiger partial charge in [-0.3, -0.25) is 19.8 Å². The molecule has 0 saturated carbocycles. The molecule has 0 spiro atoms. The van der Waals surface area contributed by atoms with Crippen LogP contribution in [0.3, 0.4) is 0 Å². The summed E-state index contributed by atoms with van der Waals surface area (Å²) in [7, 11) is 0. The number of fused-ring (bicyclic) bond motifs is 1. The molecule has 0 radical (unpaired) electrons. The topological polar surface area (TPSA) is 85.6 Å². The minimum Gasteiger partial charge on any atom is -0.482 e. The first kappa shape index (κ1) is 12.1. The summed E-state index contributed by atoms with van der Waals surface area (Å²) in [5.74, 6) is 0.633. The van der Waals surface area contributed by atoms with Crippen LogP contribution in [0, 0.1) is 10.1 Å². The zero-order valence-electron chi connectivity index (χ0n) is 10.2. The van der Waals surface area contributed by atoms with Gasteiger partial charge in [0, 0.05) is 6.07 Å². The third-order valence-corrected chi connectivity index (χ3v) is 2.88. The Hall–Kier alpha value is -2.96. The maximum atomic E-state index is 12.0. The molecule has 0 atom stereocenters. The first-order valence-corrected chi connectivity index (χ1v) is 5.82. The molecule has 1 aliphatic rings. The van der Waals surface area contributed by atoms with Gasteiger partial charge in [-0.25, -0.2) is 4.98 Å². The molecule has 0 unspecified atom stereocenters. The van der Waals surface area contributed by atoms with Gasteiger partial charge in [0.15, 0.2) is 6.61 Å². The van der Waals surface area contributed by atoms with Crippen molar-refractivity contribution in [3.63, 3.8) is 0 Å². The molecule has 0 aliphatic carbocycles. The fourth-order valence-electron chi connectivity index (χ4n) is 1.97. The van der Waals surface area contributed by atoms with Crippen LogP contribution in [-0.4, -0.2) is 22.4 Å². The summed E-state index contributed by atoms with van der Waals surface area (Å²) in [4.78, 5) is 27.5. The minimum absolute atomic E-state index is 0.0876. The summed E-state index contributed by atoms with van der Waals surface area (Å²) in [6.07, 6.45) is 1.13. The Morgan fingerprint density at radius 2 is 2.05 bits per heavy atom. The molecular weight excluding hydrogens is 262 g/mol. The van der Waals surface area contributed by atoms with Gasteiger partial charge in [-0.2, -0.15) is 0 Å². The maximum absolute atomic E-state index is 12.0. The van der Waals surface area contributed by atoms with Gasteiger partial charge in [0.05, 0.1) is 10.6 Å². The third-order valence-electron chi connectivity index (χ3n) is 2.88. The van der Waals surface area contributed by atoms with Crippen LogP contribution in [0.25, 0.3) is 0 Å². The van der Waals surface area contributed by atoms with Crippen LogP contribution >= 0.6 is 0 Å². The van der Waals surface area contributed by atoms with E-state index >= 15 is 0 Å². The molecule has 1 amide bonds. The van der Waals surface area contributed by atoms with Crippen LogP contribution < -0.4 is 9.64 Å². The molecular formula is C13H9N3O4. The normalized spacial score (nSPS) is 13.6. The number of benzene rings is 1. The van der Waals surface area contributed by atoms with E-state index in [1.165, 1.54) is 17.0 Å². The molecule has 2 heterocycles. The number of hydrogen-bond donors (Lipinski definition) is 0. The lowest BCUT2D eigenvalue weighted by molar-refractivity contribution is -0.385. The zero-order chi connectivity index (χ0) is 14.1. The highest BCUT2D eigenvalue weighted by Gasteiger charge is 2.27. The van der Waals surface area contributed by atoms with Crippen molar-refractivity contribution in [2.24, 2.45) is 0 Å². The van der Waals surface area contributed by atoms with E-state index in [1.54, 1.807) is 24.3 Å². The predicted octanol–water partition coefficient (Wildman–Crippen LogP) is 2.05. The number of ether oxygens (including phenoxy) is 1. The van der Waals surface area contributed by atoms with Crippen LogP contribution in [-0.2, 0) is 4.79 Å². The van der Waals surface area contributed by atoms with E-state index in [2.05, 4.69) is 4.98 Å². The number of aromatic nitrogens is 1. The highest BCUT2D eigenvalue weighted by molar-refractivity contribution is 6.03. The first-order valence-electron chi connectivity index (χ1n) is 5.82. The fourth-order valence-corrected chi connectivity index (χ4v) is 1.97. The summed E-state index contributed by atoms with van der Waals surface area (Å²) in [5, 5.41) is 10.6. The Kier molecular flexibility index (Phi) is 2.79. The maximum Gasteiger partial charge on any atom is 0.287 e. The van der Waals surface area contributed by atoms with Gasteiger partial charge in [0.25, 0.3) is 11.6 Å². The van der Waals surface area contributed by atoms with Gasteiger partial charge in [0.1, 0.15) is 17.8 Å². The molecule has 1 aromatic heterocycles. The Balaban J connectivity index is 2.04. The number of pyridine rings is 1. The number of carbonyl (C=O) groups is 1. The Morgan fingerprint density at radius 3 is 2.75 bits per heavy atom. The van der Waals surface area contributed by atoms with Crippen molar-refractivity contribution < 1.29 is 14.5 Å². The second-order valence-electron chi connectivity index (χ2n) is 4.12. The number of anilines is 2. The van der Waals surface area contributed by atoms with E-state index in [0.717, 1.165) is 6.20 Å². The summed E-state index contributed by atoms with van der Waals surface area (Å²) in [5.41, 5.74) is 0.452. The van der Waals surface area contributed by atoms with Crippen molar-refractivity contribution in [1.29, 1.82) is 0 Å². The first-order chi connectivity index (χ1) is 9.66. The monoisotopic (exact) mass is 271 g/mol. The van der Waals surface area contributed by atoms with Crippen molar-refractivity contribution in [3.8, 4) is 5.75 Å². The lowest BCUT2D eigenvalue weighted by Crippen LogP contribution is -2.35. The van der Waals surface area contributed by atoms with Crippen molar-refractivity contribution in [2.75, 3.05) is 11.5 Å². The molecule has 0 N–H and O–H groups in total. The van der Waals surface area contributed by atoms with E-state index in [4.69, 9.17) is 4.74 Å². The van der Waals surface area contributed by atoms with Crippen molar-refractivity contribution >= 4 is 23.1 Å². The largest absolute Gasteiger partial charge is 0.482 e. The molecule has 0 bridgehead atoms. The van der Waals surface area contributed by atoms with Crippen LogP contribution in [0.4, 0.5) is 17.2 Å². The van der Waals surface area contributed by atoms with E-state index in [-0.39, 0.29) is 18.2 Å². The van der Waals surface area contributed by atoms with Gasteiger partial charge in [0.2, 0.25) is 0 Å². The number of amides is 1. The lowest BCUT2D eigenvalue weighted by Gasteiger charge is -2.28. The number of para-hydroxylation sites is 2. The second-order valence-corrected chi connectivity index (χ2v) is 4.12. The summed E-state index contributed by atoms with van der Waals surface area (Å²) >= 11 is 0. The van der Waals surface area contributed by atoms with Gasteiger partial charge >= 0.3 is 0 Å². The third kappa shape index (κ3) is 1.95. The number of nitro groups is 1. The van der Waals surface area contributed by atoms with Crippen LogP contribution in [0.1, 0.15) is 0 Å². The molecule has 1 aromatic carbocycles. The van der Waals surface area contributed by atoms with Gasteiger partial charge < -0.3 is 4.74 Å². The standard InChI is InChI=1S/C13H9N3O4/c17-13-8-20-11-4-2-1-3-10(11)15(13)12-6-5-9(7-14-12)16(18)19/h1-7H,8H2. The van der Waals surface area contributed by atoms with Crippen molar-refractivity contribution in [2.45, 2.75) is 0 Å². The Labute approximate surface area is 113 Å². The van der Waals surface area contributed by atoms with Crippen molar-refractivity contribution in [1.82, 2.24) is 4.98 Å². The number of nitrogens with zero attached hydrogens (tertiary/aromatic N) is 3. The van der Waals surface area contributed by atoms with E-state index < -0.39 is 4.92 Å². The Morgan fingerprint density at radius 1 is 1.25 bits per heavy atom. The number of rotatable bonds is 2. The lowest BCUT2D eigenvalue weighted by atomic mass is 10.2. The van der Waals surface area contributed by atoms with Gasteiger partial charge in [-0.1, -0.05) is 12.1 Å². The quantitative estimate of drug-likeness (QED) is 0.616. The molecule has 7 heteroatoms. The predicted molar refractivity (Wildman–Crippen MR) is 70.0 cm³/mol. The molecule has 0 saturated heterocycles. The number of hydrogen-bond acceptors (Lipinski definition) is 5. The SMILES string of the molecule is O=C1COc2ccccc2N1c1ccc([N+](=O)[O-])cn1. The molecule has 2 aromatic rings. The van der Waals surface area contributed by atoms with Gasteiger partial charge in [-0.05, 0) is 18.2 Å². The molecule has 7 nitrogen and oxygen atoms in total. The van der Waals surface area contributed by atoms with E-state index in [9.17, 15) is 14.9 Å². The van der Waals surface area contributed by atoms with E-state index in [0.29, 0.717) is 17.3 Å². The van der Waals surface area contributed by atoms with E-state index in [1.807, 2.05) is 0 Å². The molecule has 100 valence electrons.